The van der Waals surface area contributed by atoms with Gasteiger partial charge in [0.2, 0.25) is 0 Å². The van der Waals surface area contributed by atoms with Crippen LogP contribution in [0.5, 0.6) is 5.75 Å². The summed E-state index contributed by atoms with van der Waals surface area (Å²) < 4.78 is 9.70. The van der Waals surface area contributed by atoms with Crippen LogP contribution in [-0.2, 0) is 14.3 Å². The van der Waals surface area contributed by atoms with Gasteiger partial charge in [0.05, 0.1) is 6.54 Å². The third-order valence-electron chi connectivity index (χ3n) is 2.18. The number of carbonyl (C=O) groups excluding carboxylic acids is 3. The van der Waals surface area contributed by atoms with Crippen LogP contribution in [0.3, 0.4) is 0 Å². The molecule has 0 saturated carbocycles. The normalized spacial score (nSPS) is 9.95. The minimum Gasteiger partial charge on any atom is -0.461 e. The molecule has 1 aromatic rings. The zero-order chi connectivity index (χ0) is 15.5. The van der Waals surface area contributed by atoms with Gasteiger partial charge in [-0.1, -0.05) is 18.2 Å². The van der Waals surface area contributed by atoms with Crippen molar-refractivity contribution in [2.24, 2.45) is 0 Å². The Bertz CT molecular complexity index is 513. The molecule has 0 aromatic heterocycles. The first-order valence-electron chi connectivity index (χ1n) is 6.19. The topological polar surface area (TPSA) is 93.7 Å². The molecule has 0 atom stereocenters. The van der Waals surface area contributed by atoms with Crippen molar-refractivity contribution in [1.82, 2.24) is 10.6 Å². The summed E-state index contributed by atoms with van der Waals surface area (Å²) in [6, 6.07) is 8.11. The predicted octanol–water partition coefficient (Wildman–Crippen LogP) is 0.620. The van der Waals surface area contributed by atoms with E-state index in [1.807, 2.05) is 0 Å². The van der Waals surface area contributed by atoms with Crippen LogP contribution >= 0.6 is 0 Å². The van der Waals surface area contributed by atoms with E-state index in [0.29, 0.717) is 5.75 Å². The molecule has 7 heteroatoms. The molecule has 0 aliphatic heterocycles. The van der Waals surface area contributed by atoms with Gasteiger partial charge in [-0.05, 0) is 12.1 Å². The fraction of sp³-hybridized carbons (Fsp3) is 0.214. The second-order valence-corrected chi connectivity index (χ2v) is 3.74. The lowest BCUT2D eigenvalue weighted by Crippen LogP contribution is -2.35. The minimum absolute atomic E-state index is 0.00429. The highest BCUT2D eigenvalue weighted by atomic mass is 16.5. The molecule has 1 rings (SSSR count). The van der Waals surface area contributed by atoms with Gasteiger partial charge in [-0.25, -0.2) is 14.4 Å². The largest absolute Gasteiger partial charge is 0.461 e. The van der Waals surface area contributed by atoms with E-state index >= 15 is 0 Å². The zero-order valence-corrected chi connectivity index (χ0v) is 11.5. The lowest BCUT2D eigenvalue weighted by Gasteiger charge is -2.04. The number of hydrogen-bond donors (Lipinski definition) is 2. The first-order chi connectivity index (χ1) is 10.1. The van der Waals surface area contributed by atoms with E-state index in [1.165, 1.54) is 7.05 Å². The quantitative estimate of drug-likeness (QED) is 0.347. The molecule has 2 amide bonds. The molecule has 0 unspecified atom stereocenters. The molecule has 112 valence electrons. The Morgan fingerprint density at radius 2 is 1.76 bits per heavy atom. The van der Waals surface area contributed by atoms with Crippen molar-refractivity contribution >= 4 is 18.0 Å². The maximum Gasteiger partial charge on any atom is 0.336 e. The number of rotatable bonds is 6. The van der Waals surface area contributed by atoms with Gasteiger partial charge in [-0.3, -0.25) is 0 Å². The van der Waals surface area contributed by atoms with Crippen molar-refractivity contribution < 1.29 is 23.9 Å². The van der Waals surface area contributed by atoms with Crippen LogP contribution in [-0.4, -0.2) is 38.2 Å². The lowest BCUT2D eigenvalue weighted by molar-refractivity contribution is -0.138. The fourth-order valence-corrected chi connectivity index (χ4v) is 1.23. The van der Waals surface area contributed by atoms with Gasteiger partial charge in [0, 0.05) is 19.2 Å². The Labute approximate surface area is 121 Å². The van der Waals surface area contributed by atoms with Crippen LogP contribution in [0.15, 0.2) is 42.5 Å². The van der Waals surface area contributed by atoms with Crippen LogP contribution in [0.2, 0.25) is 0 Å². The minimum atomic E-state index is -0.696. The number of para-hydroxylation sites is 1. The number of nitrogens with one attached hydrogen (secondary N) is 2. The molecule has 1 aromatic carbocycles. The number of carbonyl (C=O) groups is 3. The summed E-state index contributed by atoms with van der Waals surface area (Å²) in [5.74, 6) is -0.990. The molecule has 0 heterocycles. The average Bonchev–Trinajstić information content (AvgIpc) is 2.50. The molecule has 0 aliphatic rings. The number of benzene rings is 1. The molecule has 0 bridgehead atoms. The van der Waals surface area contributed by atoms with Gasteiger partial charge in [0.25, 0.3) is 0 Å². The zero-order valence-electron chi connectivity index (χ0n) is 11.5. The van der Waals surface area contributed by atoms with Gasteiger partial charge in [-0.2, -0.15) is 0 Å². The van der Waals surface area contributed by atoms with Crippen LogP contribution in [0.25, 0.3) is 0 Å². The van der Waals surface area contributed by atoms with Gasteiger partial charge >= 0.3 is 18.0 Å². The Hall–Kier alpha value is -2.83. The summed E-state index contributed by atoms with van der Waals surface area (Å²) >= 11 is 0. The van der Waals surface area contributed by atoms with E-state index in [2.05, 4.69) is 10.6 Å². The molecule has 21 heavy (non-hydrogen) atoms. The summed E-state index contributed by atoms with van der Waals surface area (Å²) in [5, 5.41) is 4.79. The Morgan fingerprint density at radius 1 is 1.10 bits per heavy atom. The number of hydrogen-bond acceptors (Lipinski definition) is 5. The number of urea groups is 1. The summed E-state index contributed by atoms with van der Waals surface area (Å²) in [7, 11) is 1.47. The second kappa shape index (κ2) is 9.13. The van der Waals surface area contributed by atoms with Gasteiger partial charge in [0.1, 0.15) is 12.4 Å². The molecule has 0 aliphatic carbocycles. The molecule has 0 saturated heterocycles. The maximum atomic E-state index is 11.4. The highest BCUT2D eigenvalue weighted by molar-refractivity contribution is 5.92. The summed E-state index contributed by atoms with van der Waals surface area (Å²) in [4.78, 5) is 33.5. The van der Waals surface area contributed by atoms with E-state index in [9.17, 15) is 14.4 Å². The highest BCUT2D eigenvalue weighted by Gasteiger charge is 2.02. The Morgan fingerprint density at radius 3 is 2.43 bits per heavy atom. The summed E-state index contributed by atoms with van der Waals surface area (Å²) in [5.41, 5.74) is 0. The van der Waals surface area contributed by atoms with Crippen molar-refractivity contribution in [3.8, 4) is 5.75 Å². The third-order valence-corrected chi connectivity index (χ3v) is 2.18. The van der Waals surface area contributed by atoms with Crippen molar-refractivity contribution in [3.05, 3.63) is 42.5 Å². The van der Waals surface area contributed by atoms with Gasteiger partial charge in [-0.15, -0.1) is 0 Å². The molecular weight excluding hydrogens is 276 g/mol. The SMILES string of the molecule is CNC(=O)NCCOC(=O)/C=C/C(=O)Oc1ccccc1. The first-order valence-corrected chi connectivity index (χ1v) is 6.19. The monoisotopic (exact) mass is 292 g/mol. The van der Waals surface area contributed by atoms with E-state index in [1.54, 1.807) is 30.3 Å². The smallest absolute Gasteiger partial charge is 0.336 e. The lowest BCUT2D eigenvalue weighted by atomic mass is 10.3. The van der Waals surface area contributed by atoms with Crippen molar-refractivity contribution in [2.45, 2.75) is 0 Å². The fourth-order valence-electron chi connectivity index (χ4n) is 1.23. The van der Waals surface area contributed by atoms with Crippen LogP contribution in [0.1, 0.15) is 0 Å². The van der Waals surface area contributed by atoms with Crippen LogP contribution in [0.4, 0.5) is 4.79 Å². The third kappa shape index (κ3) is 7.36. The van der Waals surface area contributed by atoms with Crippen molar-refractivity contribution in [3.63, 3.8) is 0 Å². The molecule has 0 radical (unpaired) electrons. The predicted molar refractivity (Wildman–Crippen MR) is 74.6 cm³/mol. The summed E-state index contributed by atoms with van der Waals surface area (Å²) in [6.45, 7) is 0.179. The van der Waals surface area contributed by atoms with Crippen molar-refractivity contribution in [2.75, 3.05) is 20.2 Å². The summed E-state index contributed by atoms with van der Waals surface area (Å²) in [6.07, 6.45) is 1.94. The molecule has 7 nitrogen and oxygen atoms in total. The number of ether oxygens (including phenoxy) is 2. The number of amides is 2. The average molecular weight is 292 g/mol. The van der Waals surface area contributed by atoms with Crippen LogP contribution < -0.4 is 15.4 Å². The van der Waals surface area contributed by atoms with Crippen molar-refractivity contribution in [1.29, 1.82) is 0 Å². The van der Waals surface area contributed by atoms with Gasteiger partial charge in [0.15, 0.2) is 0 Å². The Balaban J connectivity index is 2.24. The number of esters is 2. The first kappa shape index (κ1) is 16.2. The molecule has 0 spiro atoms. The van der Waals surface area contributed by atoms with E-state index < -0.39 is 11.9 Å². The standard InChI is InChI=1S/C14H16N2O5/c1-15-14(19)16-9-10-20-12(17)7-8-13(18)21-11-5-3-2-4-6-11/h2-8H,9-10H2,1H3,(H2,15,16,19)/b8-7+. The second-order valence-electron chi connectivity index (χ2n) is 3.74. The maximum absolute atomic E-state index is 11.4. The molecule has 2 N–H and O–H groups in total. The highest BCUT2D eigenvalue weighted by Crippen LogP contribution is 2.08. The van der Waals surface area contributed by atoms with E-state index in [0.717, 1.165) is 12.2 Å². The molecular formula is C14H16N2O5. The Kier molecular flexibility index (Phi) is 7.06. The molecule has 0 fully saturated rings. The van der Waals surface area contributed by atoms with E-state index in [-0.39, 0.29) is 19.2 Å². The van der Waals surface area contributed by atoms with E-state index in [4.69, 9.17) is 9.47 Å². The van der Waals surface area contributed by atoms with Gasteiger partial charge < -0.3 is 20.1 Å². The van der Waals surface area contributed by atoms with Crippen LogP contribution in [0, 0.1) is 0 Å².